The third-order valence-corrected chi connectivity index (χ3v) is 11.7. The molecule has 65 heavy (non-hydrogen) atoms. The summed E-state index contributed by atoms with van der Waals surface area (Å²) in [5, 5.41) is 26.3. The summed E-state index contributed by atoms with van der Waals surface area (Å²) < 4.78 is 2.20. The van der Waals surface area contributed by atoms with E-state index < -0.39 is 0 Å². The molecule has 5 nitrogen and oxygen atoms in total. The van der Waals surface area contributed by atoms with Gasteiger partial charge >= 0.3 is 26.2 Å². The van der Waals surface area contributed by atoms with Crippen molar-refractivity contribution in [3.63, 3.8) is 0 Å². The van der Waals surface area contributed by atoms with E-state index in [2.05, 4.69) is 175 Å². The summed E-state index contributed by atoms with van der Waals surface area (Å²) in [6.07, 6.45) is 0.696. The average Bonchev–Trinajstić information content (AvgIpc) is 3.61. The molecule has 1 aromatic heterocycles. The summed E-state index contributed by atoms with van der Waals surface area (Å²) in [7, 11) is 4.19. The maximum absolute atomic E-state index is 12.0. The van der Waals surface area contributed by atoms with Crippen LogP contribution in [-0.2, 0) is 39.2 Å². The first-order valence-electron chi connectivity index (χ1n) is 22.6. The van der Waals surface area contributed by atoms with Crippen LogP contribution in [0.15, 0.2) is 152 Å². The van der Waals surface area contributed by atoms with E-state index in [0.717, 1.165) is 75.3 Å². The number of hydrogen-bond donors (Lipinski definition) is 2. The van der Waals surface area contributed by atoms with Gasteiger partial charge in [-0.05, 0) is 104 Å². The van der Waals surface area contributed by atoms with Crippen LogP contribution in [0.3, 0.4) is 0 Å². The van der Waals surface area contributed by atoms with Gasteiger partial charge in [0.25, 0.3) is 0 Å². The second-order valence-electron chi connectivity index (χ2n) is 17.9. The molecule has 0 spiro atoms. The minimum atomic E-state index is 0. The van der Waals surface area contributed by atoms with E-state index in [1.807, 2.05) is 60.7 Å². The molecular formula is C59H67N3O2Zr+2. The second-order valence-corrected chi connectivity index (χ2v) is 17.9. The van der Waals surface area contributed by atoms with Crippen LogP contribution in [0.2, 0.25) is 0 Å². The fourth-order valence-corrected chi connectivity index (χ4v) is 8.49. The van der Waals surface area contributed by atoms with Gasteiger partial charge < -0.3 is 19.7 Å². The van der Waals surface area contributed by atoms with Crippen molar-refractivity contribution >= 4 is 21.8 Å². The Bertz CT molecular complexity index is 2640. The number of hydrogen-bond acceptors (Lipinski definition) is 4. The number of para-hydroxylation sites is 2. The zero-order valence-electron chi connectivity index (χ0n) is 39.8. The molecule has 0 atom stereocenters. The van der Waals surface area contributed by atoms with Crippen molar-refractivity contribution in [3.8, 4) is 28.3 Å². The first-order chi connectivity index (χ1) is 30.7. The zero-order valence-corrected chi connectivity index (χ0v) is 42.2. The molecule has 2 N–H and O–H groups in total. The Labute approximate surface area is 408 Å². The van der Waals surface area contributed by atoms with Gasteiger partial charge in [0, 0.05) is 48.1 Å². The number of aromatic hydroxyl groups is 2. The van der Waals surface area contributed by atoms with Gasteiger partial charge in [0.2, 0.25) is 0 Å². The predicted molar refractivity (Wildman–Crippen MR) is 273 cm³/mol. The molecule has 0 amide bonds. The number of phenolic OH excluding ortho intramolecular Hbond substituents is 2. The van der Waals surface area contributed by atoms with E-state index in [-0.39, 0.29) is 26.2 Å². The molecule has 0 saturated heterocycles. The summed E-state index contributed by atoms with van der Waals surface area (Å²) in [6, 6.07) is 51.7. The molecule has 332 valence electrons. The molecule has 7 aromatic carbocycles. The van der Waals surface area contributed by atoms with Crippen LogP contribution < -0.4 is 0 Å². The largest absolute Gasteiger partial charge is 4.00 e. The van der Waals surface area contributed by atoms with Gasteiger partial charge in [0.15, 0.2) is 0 Å². The zero-order chi connectivity index (χ0) is 45.9. The number of rotatable bonds is 12. The van der Waals surface area contributed by atoms with Crippen molar-refractivity contribution < 1.29 is 36.4 Å². The van der Waals surface area contributed by atoms with Gasteiger partial charge in [0.1, 0.15) is 11.5 Å². The number of nitrogens with zero attached hydrogens (tertiary/aromatic N) is 3. The Morgan fingerprint density at radius 1 is 0.538 bits per heavy atom. The Morgan fingerprint density at radius 3 is 1.49 bits per heavy atom. The molecule has 8 aromatic rings. The SMILES string of the molecule is Cc1cc(CCN(CCN(C)C)Cc2cc(C)cc(-n3c4ccccc4c4ccccc43)c2O)c(O)c(-c2c(C(C)C)cccc2C(C)C)c1.[CH2-]c1ccccc1.[CH2-]c1ccccc1.[Zr+4]. The minimum absolute atomic E-state index is 0. The molecule has 0 aliphatic heterocycles. The number of aromatic nitrogens is 1. The van der Waals surface area contributed by atoms with Crippen LogP contribution in [0.25, 0.3) is 38.6 Å². The number of likely N-dealkylation sites (N-methyl/N-ethyl adjacent to an activating group) is 1. The molecule has 0 bridgehead atoms. The van der Waals surface area contributed by atoms with E-state index in [4.69, 9.17) is 0 Å². The smallest absolute Gasteiger partial charge is 0.507 e. The topological polar surface area (TPSA) is 51.9 Å². The van der Waals surface area contributed by atoms with Crippen molar-refractivity contribution in [2.24, 2.45) is 0 Å². The van der Waals surface area contributed by atoms with E-state index in [1.54, 1.807) is 0 Å². The van der Waals surface area contributed by atoms with Crippen LogP contribution in [0.5, 0.6) is 11.5 Å². The summed E-state index contributed by atoms with van der Waals surface area (Å²) in [4.78, 5) is 4.61. The summed E-state index contributed by atoms with van der Waals surface area (Å²) in [5.74, 6) is 1.36. The van der Waals surface area contributed by atoms with Crippen molar-refractivity contribution in [2.45, 2.75) is 66.3 Å². The van der Waals surface area contributed by atoms with Crippen molar-refractivity contribution in [1.82, 2.24) is 14.4 Å². The Balaban J connectivity index is 0.000000449. The molecule has 0 fully saturated rings. The third-order valence-electron chi connectivity index (χ3n) is 11.7. The van der Waals surface area contributed by atoms with E-state index >= 15 is 0 Å². The third kappa shape index (κ3) is 12.9. The standard InChI is InChI=1S/C45H53N3O2.2C7H7.Zr/c1-29(2)35-16-13-17-36(30(3)4)43(35)39-26-31(5)24-33(44(39)49)20-21-47(23-22-46(7)8)28-34-25-32(6)27-42(45(34)50)48-40-18-11-9-14-37(40)38-15-10-12-19-41(38)48;2*1-7-5-3-2-4-6-7;/h9-19,24-27,29-30,49-50H,20-23,28H2,1-8H3;2*2-6H,1H2;/q;2*-1;+4. The van der Waals surface area contributed by atoms with Crippen LogP contribution in [0, 0.1) is 27.7 Å². The van der Waals surface area contributed by atoms with Crippen molar-refractivity contribution in [3.05, 3.63) is 210 Å². The summed E-state index contributed by atoms with van der Waals surface area (Å²) >= 11 is 0. The van der Waals surface area contributed by atoms with Gasteiger partial charge in [-0.15, -0.1) is 24.3 Å². The summed E-state index contributed by atoms with van der Waals surface area (Å²) in [5.41, 5.74) is 13.9. The predicted octanol–water partition coefficient (Wildman–Crippen LogP) is 14.1. The van der Waals surface area contributed by atoms with E-state index in [9.17, 15) is 10.2 Å². The Hall–Kier alpha value is -5.52. The molecule has 8 rings (SSSR count). The average molecular weight is 941 g/mol. The molecule has 0 aliphatic carbocycles. The van der Waals surface area contributed by atoms with Gasteiger partial charge in [-0.3, -0.25) is 4.90 Å². The molecular weight excluding hydrogens is 874 g/mol. The van der Waals surface area contributed by atoms with Gasteiger partial charge in [-0.1, -0.05) is 107 Å². The quantitative estimate of drug-likeness (QED) is 0.120. The summed E-state index contributed by atoms with van der Waals surface area (Å²) in [6.45, 7) is 23.6. The minimum Gasteiger partial charge on any atom is -0.507 e. The first-order valence-corrected chi connectivity index (χ1v) is 22.6. The van der Waals surface area contributed by atoms with Crippen LogP contribution >= 0.6 is 0 Å². The van der Waals surface area contributed by atoms with Gasteiger partial charge in [0.05, 0.1) is 16.7 Å². The Morgan fingerprint density at radius 2 is 1.02 bits per heavy atom. The molecule has 0 aliphatic rings. The number of fused-ring (bicyclic) bond motifs is 3. The van der Waals surface area contributed by atoms with Crippen molar-refractivity contribution in [2.75, 3.05) is 33.7 Å². The first kappa shape index (κ1) is 50.5. The molecule has 0 radical (unpaired) electrons. The maximum Gasteiger partial charge on any atom is 4.00 e. The fraction of sp³-hybridized carbons (Fsp3) is 0.254. The normalized spacial score (nSPS) is 11.1. The molecule has 0 unspecified atom stereocenters. The number of aryl methyl sites for hydroxylation is 2. The van der Waals surface area contributed by atoms with Crippen molar-refractivity contribution in [1.29, 1.82) is 0 Å². The number of benzene rings is 7. The second kappa shape index (κ2) is 23.6. The molecule has 6 heteroatoms. The van der Waals surface area contributed by atoms with Crippen LogP contribution in [0.1, 0.15) is 84.0 Å². The van der Waals surface area contributed by atoms with Crippen LogP contribution in [0.4, 0.5) is 0 Å². The van der Waals surface area contributed by atoms with Gasteiger partial charge in [-0.25, -0.2) is 0 Å². The maximum atomic E-state index is 12.0. The fourth-order valence-electron chi connectivity index (χ4n) is 8.49. The monoisotopic (exact) mass is 939 g/mol. The molecule has 1 heterocycles. The van der Waals surface area contributed by atoms with E-state index in [1.165, 1.54) is 27.5 Å². The Kier molecular flexibility index (Phi) is 18.3. The van der Waals surface area contributed by atoms with Crippen LogP contribution in [-0.4, -0.2) is 58.3 Å². The van der Waals surface area contributed by atoms with Gasteiger partial charge in [-0.2, -0.15) is 49.2 Å². The molecule has 0 saturated carbocycles. The van der Waals surface area contributed by atoms with E-state index in [0.29, 0.717) is 36.3 Å². The number of phenols is 2.